The second-order valence-corrected chi connectivity index (χ2v) is 26.0. The molecule has 448 valence electrons. The highest BCUT2D eigenvalue weighted by Gasteiger charge is 2.45. The molecule has 0 aliphatic carbocycles. The lowest BCUT2D eigenvalue weighted by molar-refractivity contribution is -0.143. The van der Waals surface area contributed by atoms with Gasteiger partial charge in [0.15, 0.2) is 0 Å². The molecule has 10 rings (SSSR count). The van der Waals surface area contributed by atoms with Crippen molar-refractivity contribution in [3.05, 3.63) is 71.8 Å². The number of piperazine rings is 4. The topological polar surface area (TPSA) is 125 Å². The molecule has 2 aromatic rings. The van der Waals surface area contributed by atoms with Crippen molar-refractivity contribution in [2.75, 3.05) is 158 Å². The summed E-state index contributed by atoms with van der Waals surface area (Å²) in [5, 5.41) is 6.77. The van der Waals surface area contributed by atoms with Gasteiger partial charge in [-0.25, -0.2) is 0 Å². The van der Waals surface area contributed by atoms with Crippen LogP contribution in [0.3, 0.4) is 0 Å². The minimum Gasteiger partial charge on any atom is -0.340 e. The molecule has 2 N–H and O–H groups in total. The molecule has 80 heavy (non-hydrogen) atoms. The number of amides is 4. The van der Waals surface area contributed by atoms with Crippen molar-refractivity contribution in [1.29, 1.82) is 0 Å². The van der Waals surface area contributed by atoms with Gasteiger partial charge in [0.2, 0.25) is 23.6 Å². The minimum atomic E-state index is -0.292. The number of benzene rings is 2. The van der Waals surface area contributed by atoms with Crippen LogP contribution >= 0.6 is 0 Å². The van der Waals surface area contributed by atoms with Crippen LogP contribution in [0, 0.1) is 11.8 Å². The van der Waals surface area contributed by atoms with E-state index in [0.717, 1.165) is 170 Å². The van der Waals surface area contributed by atoms with Crippen LogP contribution in [0.1, 0.15) is 118 Å². The number of likely N-dealkylation sites (tertiary alicyclic amines) is 2. The van der Waals surface area contributed by atoms with Gasteiger partial charge in [-0.1, -0.05) is 60.7 Å². The Balaban J connectivity index is 0.000000155. The molecular weight excluding hydrogens is 1000 g/mol. The van der Waals surface area contributed by atoms with E-state index in [1.54, 1.807) is 0 Å². The zero-order valence-electron chi connectivity index (χ0n) is 51.9. The van der Waals surface area contributed by atoms with Gasteiger partial charge in [-0.05, 0) is 133 Å². The lowest BCUT2D eigenvalue weighted by Gasteiger charge is -2.41. The van der Waals surface area contributed by atoms with E-state index in [1.807, 2.05) is 17.0 Å². The molecule has 0 aromatic heterocycles. The van der Waals surface area contributed by atoms with Gasteiger partial charge in [0.1, 0.15) is 0 Å². The Bertz CT molecular complexity index is 2210. The maximum Gasteiger partial charge on any atom is 0.242 e. The summed E-state index contributed by atoms with van der Waals surface area (Å²) in [4.78, 5) is 73.7. The molecule has 8 heterocycles. The molecule has 2 aromatic carbocycles. The van der Waals surface area contributed by atoms with Crippen LogP contribution in [0.15, 0.2) is 60.7 Å². The molecule has 16 heteroatoms. The number of nitrogens with zero attached hydrogens (tertiary/aromatic N) is 10. The van der Waals surface area contributed by atoms with Crippen molar-refractivity contribution in [3.63, 3.8) is 0 Å². The third-order valence-corrected chi connectivity index (χ3v) is 19.5. The molecule has 0 radical (unpaired) electrons. The van der Waals surface area contributed by atoms with Gasteiger partial charge < -0.3 is 35.1 Å². The van der Waals surface area contributed by atoms with Crippen molar-refractivity contribution in [1.82, 2.24) is 59.6 Å². The minimum absolute atomic E-state index is 0.0907. The van der Waals surface area contributed by atoms with Crippen LogP contribution in [0.2, 0.25) is 0 Å². The lowest BCUT2D eigenvalue weighted by Crippen LogP contribution is -2.58. The molecule has 16 nitrogen and oxygen atoms in total. The molecule has 0 saturated carbocycles. The summed E-state index contributed by atoms with van der Waals surface area (Å²) in [7, 11) is 4.20. The molecular formula is C64H108N12O4. The van der Waals surface area contributed by atoms with Gasteiger partial charge in [0.25, 0.3) is 0 Å². The Kier molecular flexibility index (Phi) is 23.4. The predicted molar refractivity (Wildman–Crippen MR) is 325 cm³/mol. The number of hydrogen-bond acceptors (Lipinski definition) is 12. The Labute approximate surface area is 484 Å². The highest BCUT2D eigenvalue weighted by molar-refractivity contribution is 5.87. The van der Waals surface area contributed by atoms with Crippen LogP contribution in [-0.2, 0) is 19.2 Å². The predicted octanol–water partition coefficient (Wildman–Crippen LogP) is 5.13. The average molecular weight is 1110 g/mol. The van der Waals surface area contributed by atoms with Crippen LogP contribution in [0.5, 0.6) is 0 Å². The third kappa shape index (κ3) is 16.2. The molecule has 8 fully saturated rings. The first-order valence-corrected chi connectivity index (χ1v) is 31.3. The van der Waals surface area contributed by atoms with Crippen LogP contribution < -0.4 is 10.6 Å². The van der Waals surface area contributed by atoms with Crippen molar-refractivity contribution < 1.29 is 19.2 Å². The van der Waals surface area contributed by atoms with E-state index in [1.165, 1.54) is 11.1 Å². The molecule has 8 saturated heterocycles. The van der Waals surface area contributed by atoms with Gasteiger partial charge in [-0.3, -0.25) is 43.7 Å². The van der Waals surface area contributed by atoms with E-state index in [2.05, 4.69) is 187 Å². The highest BCUT2D eigenvalue weighted by atomic mass is 16.2. The summed E-state index contributed by atoms with van der Waals surface area (Å²) in [6.45, 7) is 42.7. The number of nitrogens with one attached hydrogen (secondary N) is 2. The number of rotatable bonds is 10. The van der Waals surface area contributed by atoms with E-state index in [-0.39, 0.29) is 22.9 Å². The number of hydrogen-bond donors (Lipinski definition) is 2. The van der Waals surface area contributed by atoms with Crippen molar-refractivity contribution in [3.8, 4) is 0 Å². The van der Waals surface area contributed by atoms with E-state index in [9.17, 15) is 19.2 Å². The van der Waals surface area contributed by atoms with Gasteiger partial charge in [0, 0.05) is 167 Å². The van der Waals surface area contributed by atoms with Crippen molar-refractivity contribution in [2.45, 2.75) is 142 Å². The van der Waals surface area contributed by atoms with E-state index in [4.69, 9.17) is 0 Å². The molecule has 6 unspecified atom stereocenters. The fraction of sp³-hybridized carbons (Fsp3) is 0.750. The second kappa shape index (κ2) is 29.5. The number of carbonyl (C=O) groups excluding carboxylic acids is 4. The SMILES string of the molecule is CC(C)N1CCN(C(=O)C2(C)CCCN2)CC1.CC(C)N1CCN(C(=O)C2(C)CCCN2C)CC1.CC(C)N1CCN(C(=O)C2CN(C)CC2c2ccccc2)CC1.CC(C)N1CCN(C(=O)C2CNCC2c2ccccc2)CC1. The van der Waals surface area contributed by atoms with Crippen LogP contribution in [0.4, 0.5) is 0 Å². The normalized spacial score (nSPS) is 28.7. The van der Waals surface area contributed by atoms with Gasteiger partial charge >= 0.3 is 0 Å². The second-order valence-electron chi connectivity index (χ2n) is 26.0. The summed E-state index contributed by atoms with van der Waals surface area (Å²) in [6.07, 6.45) is 4.25. The summed E-state index contributed by atoms with van der Waals surface area (Å²) in [5.74, 6) is 2.17. The molecule has 8 aliphatic rings. The maximum absolute atomic E-state index is 13.1. The zero-order chi connectivity index (χ0) is 57.7. The molecule has 0 spiro atoms. The molecule has 4 amide bonds. The average Bonchev–Trinajstić information content (AvgIpc) is 4.34. The Morgan fingerprint density at radius 3 is 1.27 bits per heavy atom. The zero-order valence-corrected chi connectivity index (χ0v) is 51.9. The fourth-order valence-corrected chi connectivity index (χ4v) is 13.7. The van der Waals surface area contributed by atoms with Gasteiger partial charge in [0.05, 0.1) is 22.9 Å². The Morgan fingerprint density at radius 1 is 0.463 bits per heavy atom. The largest absolute Gasteiger partial charge is 0.340 e. The summed E-state index contributed by atoms with van der Waals surface area (Å²) >= 11 is 0. The standard InChI is InChI=1S/C19H29N3O.C18H27N3O.C14H27N3O.C13H25N3O/c1-15(2)21-9-11-22(12-10-21)19(23)18-14-20(3)13-17(18)16-7-5-4-6-8-16;1-14(2)20-8-10-21(11-9-20)18(22)17-13-19-12-16(17)15-6-4-3-5-7-15;1-12(2)16-8-10-17(11-9-16)13(18)14(3)6-5-7-15(14)4;1-11(2)15-7-9-16(10-8-15)12(17)13(3)5-4-6-14-13/h4-8,15,17-18H,9-14H2,1-3H3;3-7,14,16-17,19H,8-13H2,1-2H3;12H,5-11H2,1-4H3;11,14H,4-10H2,1-3H3. The molecule has 0 bridgehead atoms. The van der Waals surface area contributed by atoms with Gasteiger partial charge in [-0.2, -0.15) is 0 Å². The Hall–Kier alpha value is -4.00. The highest BCUT2D eigenvalue weighted by Crippen LogP contribution is 2.34. The quantitative estimate of drug-likeness (QED) is 0.328. The van der Waals surface area contributed by atoms with Crippen molar-refractivity contribution in [2.24, 2.45) is 11.8 Å². The first kappa shape index (κ1) is 63.6. The van der Waals surface area contributed by atoms with E-state index < -0.39 is 0 Å². The molecule has 6 atom stereocenters. The maximum atomic E-state index is 13.1. The first-order chi connectivity index (χ1) is 38.2. The van der Waals surface area contributed by atoms with E-state index in [0.29, 0.717) is 59.6 Å². The lowest BCUT2D eigenvalue weighted by atomic mass is 9.88. The number of carbonyl (C=O) groups is 4. The fourth-order valence-electron chi connectivity index (χ4n) is 13.7. The monoisotopic (exact) mass is 1110 g/mol. The summed E-state index contributed by atoms with van der Waals surface area (Å²) < 4.78 is 0. The third-order valence-electron chi connectivity index (χ3n) is 19.5. The van der Waals surface area contributed by atoms with Crippen LogP contribution in [0.25, 0.3) is 0 Å². The number of likely N-dealkylation sites (N-methyl/N-ethyl adjacent to an activating group) is 2. The van der Waals surface area contributed by atoms with Crippen LogP contribution in [-0.4, -0.2) is 266 Å². The van der Waals surface area contributed by atoms with E-state index >= 15 is 0 Å². The van der Waals surface area contributed by atoms with Crippen molar-refractivity contribution >= 4 is 23.6 Å². The Morgan fingerprint density at radius 2 is 0.875 bits per heavy atom. The molecule has 8 aliphatic heterocycles. The summed E-state index contributed by atoms with van der Waals surface area (Å²) in [5.41, 5.74) is 2.04. The first-order valence-electron chi connectivity index (χ1n) is 31.3. The summed E-state index contributed by atoms with van der Waals surface area (Å²) in [6, 6.07) is 23.3. The smallest absolute Gasteiger partial charge is 0.242 e. The van der Waals surface area contributed by atoms with Gasteiger partial charge in [-0.15, -0.1) is 0 Å².